The van der Waals surface area contributed by atoms with Crippen molar-refractivity contribution < 1.29 is 39.1 Å². The molecule has 2 atom stereocenters. The molecule has 9 nitrogen and oxygen atoms in total. The van der Waals surface area contributed by atoms with Gasteiger partial charge in [0, 0.05) is 33.7 Å². The fraction of sp³-hybridized carbons (Fsp3) is 0.800. The van der Waals surface area contributed by atoms with Crippen LogP contribution in [0.25, 0.3) is 0 Å². The molecule has 0 bridgehead atoms. The maximum absolute atomic E-state index is 10.8. The molecule has 3 N–H and O–H groups in total. The van der Waals surface area contributed by atoms with E-state index in [-0.39, 0.29) is 45.5 Å². The van der Waals surface area contributed by atoms with Gasteiger partial charge in [0.05, 0.1) is 45.2 Å². The minimum Gasteiger partial charge on any atom is -0.553 e. The minimum absolute atomic E-state index is 0. The molecule has 0 radical (unpaired) electrons. The molecule has 0 aliphatic heterocycles. The van der Waals surface area contributed by atoms with Crippen LogP contribution in [0.5, 0.6) is 0 Å². The van der Waals surface area contributed by atoms with Crippen LogP contribution >= 0.6 is 0 Å². The molecule has 0 saturated carbocycles. The standard InChI is InChI=1S/C9H18NO4.C6H13O4.Rf/c1-8(11)10(2)4-5-14-7-9(12)6-13-3;1-9-4-6(8)5-10-3-2-7;/h9,12H,3-7H2,1-2H3;6-8H,1-5H2;/q2*-1;. The van der Waals surface area contributed by atoms with Crippen LogP contribution in [0.2, 0.25) is 0 Å². The molecule has 2 unspecified atom stereocenters. The van der Waals surface area contributed by atoms with Crippen molar-refractivity contribution in [3.8, 4) is 0 Å². The number of nitrogens with zero attached hydrogens (tertiary/aromatic N) is 1. The summed E-state index contributed by atoms with van der Waals surface area (Å²) < 4.78 is 18.8. The van der Waals surface area contributed by atoms with E-state index in [9.17, 15) is 4.79 Å². The van der Waals surface area contributed by atoms with E-state index in [0.717, 1.165) is 0 Å². The van der Waals surface area contributed by atoms with Gasteiger partial charge in [0.2, 0.25) is 5.91 Å². The second kappa shape index (κ2) is 20.2. The molecule has 148 valence electrons. The number of amides is 1. The summed E-state index contributed by atoms with van der Waals surface area (Å²) in [5, 5.41) is 26.3. The third-order valence-corrected chi connectivity index (χ3v) is 2.59. The van der Waals surface area contributed by atoms with Crippen LogP contribution in [-0.2, 0) is 23.7 Å². The largest absolute Gasteiger partial charge is 0.553 e. The average Bonchev–Trinajstić information content (AvgIpc) is 2.52. The zero-order chi connectivity index (χ0) is 18.8. The monoisotopic (exact) mass is 620 g/mol. The molecule has 0 saturated heterocycles. The van der Waals surface area contributed by atoms with E-state index in [2.05, 4.69) is 23.7 Å². The SMILES string of the molecule is [CH2-]OCC(O)COCCN(C)C(C)=O.[CH2-]OCC(O)COCCO.[Rf]. The van der Waals surface area contributed by atoms with Gasteiger partial charge >= 0.3 is 0 Å². The molecule has 0 fully saturated rings. The number of ether oxygens (including phenoxy) is 4. The first kappa shape index (κ1) is 28.0. The molecule has 10 heteroatoms. The van der Waals surface area contributed by atoms with Gasteiger partial charge in [0.25, 0.3) is 0 Å². The summed E-state index contributed by atoms with van der Waals surface area (Å²) in [5.74, 6) is -0.00441. The van der Waals surface area contributed by atoms with Gasteiger partial charge in [0.15, 0.2) is 0 Å². The second-order valence-corrected chi connectivity index (χ2v) is 4.86. The number of aliphatic hydroxyl groups is 3. The number of hydrogen-bond acceptors (Lipinski definition) is 8. The number of carbonyl (C=O) groups excluding carboxylic acids is 1. The quantitative estimate of drug-likeness (QED) is 0.174. The van der Waals surface area contributed by atoms with Crippen molar-refractivity contribution in [2.45, 2.75) is 19.1 Å². The Kier molecular flexibility index (Phi) is 22.7. The Hall–Kier alpha value is -1.81. The second-order valence-electron chi connectivity index (χ2n) is 4.86. The summed E-state index contributed by atoms with van der Waals surface area (Å²) in [5.41, 5.74) is 0. The molecule has 0 aliphatic rings. The van der Waals surface area contributed by atoms with Gasteiger partial charge in [-0.15, -0.1) is 0 Å². The molecular weight excluding hydrogens is 589 g/mol. The van der Waals surface area contributed by atoms with Crippen molar-refractivity contribution in [2.75, 3.05) is 59.8 Å². The average molecular weight is 620 g/mol. The zero-order valence-electron chi connectivity index (χ0n) is 15.3. The van der Waals surface area contributed by atoms with Crippen LogP contribution in [0.1, 0.15) is 6.92 Å². The van der Waals surface area contributed by atoms with E-state index in [1.54, 1.807) is 11.9 Å². The van der Waals surface area contributed by atoms with E-state index < -0.39 is 12.2 Å². The molecule has 1 amide bonds. The van der Waals surface area contributed by atoms with Gasteiger partial charge in [-0.05, 0) is 0 Å². The van der Waals surface area contributed by atoms with Crippen molar-refractivity contribution >= 4 is 5.91 Å². The van der Waals surface area contributed by atoms with Crippen LogP contribution in [0.3, 0.4) is 0 Å². The fourth-order valence-corrected chi connectivity index (χ4v) is 1.23. The van der Waals surface area contributed by atoms with Gasteiger partial charge in [0.1, 0.15) is 0 Å². The van der Waals surface area contributed by atoms with Crippen molar-refractivity contribution in [3.63, 3.8) is 0 Å². The van der Waals surface area contributed by atoms with Gasteiger partial charge in [-0.25, -0.2) is 14.2 Å². The number of hydrogen-bond donors (Lipinski definition) is 3. The fourth-order valence-electron chi connectivity index (χ4n) is 1.23. The summed E-state index contributed by atoms with van der Waals surface area (Å²) in [6.45, 7) is 3.32. The summed E-state index contributed by atoms with van der Waals surface area (Å²) in [6.07, 6.45) is -1.31. The Morgan fingerprint density at radius 2 is 1.44 bits per heavy atom. The van der Waals surface area contributed by atoms with E-state index in [0.29, 0.717) is 13.2 Å². The van der Waals surface area contributed by atoms with Gasteiger partial charge in [-0.3, -0.25) is 4.79 Å². The van der Waals surface area contributed by atoms with E-state index in [1.807, 2.05) is 0 Å². The van der Waals surface area contributed by atoms with Crippen molar-refractivity contribution in [1.82, 2.24) is 4.90 Å². The maximum Gasteiger partial charge on any atom is 0.219 e. The number of likely N-dealkylation sites (N-methyl/N-ethyl adjacent to an activating group) is 1. The first-order chi connectivity index (χ1) is 11.4. The van der Waals surface area contributed by atoms with E-state index in [4.69, 9.17) is 24.8 Å². The molecule has 25 heavy (non-hydrogen) atoms. The minimum atomic E-state index is -0.657. The first-order valence-corrected chi connectivity index (χ1v) is 7.47. The predicted octanol–water partition coefficient (Wildman–Crippen LogP) is -1.19. The van der Waals surface area contributed by atoms with Crippen LogP contribution in [0, 0.1) is 14.2 Å². The molecule has 0 rings (SSSR count). The molecule has 0 aromatic carbocycles. The Labute approximate surface area is 144 Å². The first-order valence-electron chi connectivity index (χ1n) is 7.47. The number of aliphatic hydroxyl groups excluding tert-OH is 3. The third kappa shape index (κ3) is 22.2. The van der Waals surface area contributed by atoms with Crippen molar-refractivity contribution in [2.24, 2.45) is 0 Å². The van der Waals surface area contributed by atoms with Crippen molar-refractivity contribution in [1.29, 1.82) is 0 Å². The maximum atomic E-state index is 10.8. The molecule has 0 aliphatic carbocycles. The molecule has 0 heterocycles. The summed E-state index contributed by atoms with van der Waals surface area (Å²) in [6, 6.07) is 0. The van der Waals surface area contributed by atoms with Gasteiger partial charge in [-0.1, -0.05) is 0 Å². The molecule has 0 spiro atoms. The van der Waals surface area contributed by atoms with Crippen LogP contribution in [0.4, 0.5) is 0 Å². The Morgan fingerprint density at radius 3 is 1.80 bits per heavy atom. The number of carbonyl (C=O) groups is 1. The Morgan fingerprint density at radius 1 is 1.00 bits per heavy atom. The van der Waals surface area contributed by atoms with E-state index in [1.165, 1.54) is 6.92 Å². The Balaban J connectivity index is -0.000000392. The summed E-state index contributed by atoms with van der Waals surface area (Å²) >= 11 is 0. The normalized spacial score (nSPS) is 12.4. The van der Waals surface area contributed by atoms with Crippen LogP contribution in [-0.4, -0.2) is 98.2 Å². The van der Waals surface area contributed by atoms with Crippen LogP contribution in [0.15, 0.2) is 0 Å². The van der Waals surface area contributed by atoms with Crippen molar-refractivity contribution in [3.05, 3.63) is 14.2 Å². The Bertz CT molecular complexity index is 286. The smallest absolute Gasteiger partial charge is 0.219 e. The van der Waals surface area contributed by atoms with Gasteiger partial charge < -0.3 is 39.2 Å². The molecule has 0 aromatic rings. The van der Waals surface area contributed by atoms with Crippen LogP contribution < -0.4 is 0 Å². The third-order valence-electron chi connectivity index (χ3n) is 2.59. The zero-order valence-corrected chi connectivity index (χ0v) is 21.7. The number of rotatable bonds is 13. The summed E-state index contributed by atoms with van der Waals surface area (Å²) in [4.78, 5) is 12.3. The molecular formula is C15H31NO8Rf-2. The predicted molar refractivity (Wildman–Crippen MR) is 86.7 cm³/mol. The summed E-state index contributed by atoms with van der Waals surface area (Å²) in [7, 11) is 7.92. The van der Waals surface area contributed by atoms with E-state index >= 15 is 0 Å². The van der Waals surface area contributed by atoms with Gasteiger partial charge in [-0.2, -0.15) is 0 Å². The topological polar surface area (TPSA) is 118 Å². The molecule has 0 aromatic heterocycles.